The smallest absolute Gasteiger partial charge is 0.258 e. The summed E-state index contributed by atoms with van der Waals surface area (Å²) in [6.45, 7) is 0. The number of fused-ring (bicyclic) bond motifs is 1. The minimum Gasteiger partial charge on any atom is -0.258 e. The normalized spacial score (nSPS) is 20.2. The van der Waals surface area contributed by atoms with Crippen molar-refractivity contribution in [3.05, 3.63) is 75.3 Å². The number of benzene rings is 2. The topological polar surface area (TPSA) is 43.1 Å². The highest BCUT2D eigenvalue weighted by atomic mass is 35.5. The van der Waals surface area contributed by atoms with Gasteiger partial charge < -0.3 is 0 Å². The number of nitrogens with zero attached hydrogens (tertiary/aromatic N) is 1. The van der Waals surface area contributed by atoms with Crippen molar-refractivity contribution >= 4 is 17.3 Å². The first-order chi connectivity index (χ1) is 10.1. The SMILES string of the molecule is O=[N+]([O-])c1ccc(CCC2Cc3ccccc3C2Cl)cc1. The van der Waals surface area contributed by atoms with Crippen LogP contribution in [0.5, 0.6) is 0 Å². The monoisotopic (exact) mass is 301 g/mol. The predicted molar refractivity (Wildman–Crippen MR) is 83.6 cm³/mol. The number of nitro groups is 1. The average Bonchev–Trinajstić information content (AvgIpc) is 2.82. The van der Waals surface area contributed by atoms with Crippen molar-refractivity contribution in [1.82, 2.24) is 0 Å². The van der Waals surface area contributed by atoms with Crippen LogP contribution in [0.3, 0.4) is 0 Å². The van der Waals surface area contributed by atoms with E-state index in [2.05, 4.69) is 18.2 Å². The molecule has 0 fully saturated rings. The van der Waals surface area contributed by atoms with Gasteiger partial charge in [0.25, 0.3) is 5.69 Å². The van der Waals surface area contributed by atoms with E-state index in [0.29, 0.717) is 5.92 Å². The fourth-order valence-electron chi connectivity index (χ4n) is 3.01. The fraction of sp³-hybridized carbons (Fsp3) is 0.294. The molecule has 0 spiro atoms. The molecule has 0 N–H and O–H groups in total. The van der Waals surface area contributed by atoms with E-state index in [-0.39, 0.29) is 16.0 Å². The third-order valence-electron chi connectivity index (χ3n) is 4.20. The molecule has 3 nitrogen and oxygen atoms in total. The Kier molecular flexibility index (Phi) is 3.93. The summed E-state index contributed by atoms with van der Waals surface area (Å²) in [5, 5.41) is 10.7. The van der Waals surface area contributed by atoms with Crippen LogP contribution >= 0.6 is 11.6 Å². The molecule has 0 heterocycles. The van der Waals surface area contributed by atoms with Crippen molar-refractivity contribution in [3.63, 3.8) is 0 Å². The molecule has 108 valence electrons. The van der Waals surface area contributed by atoms with Crippen LogP contribution in [0.15, 0.2) is 48.5 Å². The second kappa shape index (κ2) is 5.86. The van der Waals surface area contributed by atoms with Crippen molar-refractivity contribution in [2.75, 3.05) is 0 Å². The summed E-state index contributed by atoms with van der Waals surface area (Å²) >= 11 is 6.55. The van der Waals surface area contributed by atoms with E-state index in [1.807, 2.05) is 18.2 Å². The zero-order chi connectivity index (χ0) is 14.8. The van der Waals surface area contributed by atoms with Gasteiger partial charge in [0.05, 0.1) is 10.3 Å². The predicted octanol–water partition coefficient (Wildman–Crippen LogP) is 4.68. The zero-order valence-electron chi connectivity index (χ0n) is 11.5. The van der Waals surface area contributed by atoms with Gasteiger partial charge in [-0.05, 0) is 41.9 Å². The summed E-state index contributed by atoms with van der Waals surface area (Å²) in [7, 11) is 0. The van der Waals surface area contributed by atoms with E-state index in [9.17, 15) is 10.1 Å². The number of alkyl halides is 1. The highest BCUT2D eigenvalue weighted by molar-refractivity contribution is 6.21. The highest BCUT2D eigenvalue weighted by Gasteiger charge is 2.29. The molecule has 1 aliphatic rings. The van der Waals surface area contributed by atoms with E-state index >= 15 is 0 Å². The molecule has 0 radical (unpaired) electrons. The van der Waals surface area contributed by atoms with Crippen molar-refractivity contribution in [2.24, 2.45) is 5.92 Å². The molecule has 0 aromatic heterocycles. The van der Waals surface area contributed by atoms with Crippen molar-refractivity contribution in [2.45, 2.75) is 24.6 Å². The van der Waals surface area contributed by atoms with E-state index < -0.39 is 0 Å². The van der Waals surface area contributed by atoms with Crippen LogP contribution in [-0.2, 0) is 12.8 Å². The maximum absolute atomic E-state index is 10.6. The second-order valence-corrected chi connectivity index (χ2v) is 6.00. The van der Waals surface area contributed by atoms with Crippen LogP contribution in [-0.4, -0.2) is 4.92 Å². The summed E-state index contributed by atoms with van der Waals surface area (Å²) in [6, 6.07) is 15.2. The Morgan fingerprint density at radius 1 is 1.14 bits per heavy atom. The van der Waals surface area contributed by atoms with Crippen LogP contribution in [0.25, 0.3) is 0 Å². The number of rotatable bonds is 4. The van der Waals surface area contributed by atoms with Crippen LogP contribution in [0.4, 0.5) is 5.69 Å². The van der Waals surface area contributed by atoms with Crippen LogP contribution in [0.1, 0.15) is 28.5 Å². The molecule has 1 aliphatic carbocycles. The molecular weight excluding hydrogens is 286 g/mol. The Morgan fingerprint density at radius 2 is 1.86 bits per heavy atom. The van der Waals surface area contributed by atoms with Gasteiger partial charge in [-0.25, -0.2) is 0 Å². The molecule has 2 unspecified atom stereocenters. The first-order valence-corrected chi connectivity index (χ1v) is 7.54. The van der Waals surface area contributed by atoms with Gasteiger partial charge in [0.15, 0.2) is 0 Å². The average molecular weight is 302 g/mol. The molecule has 0 amide bonds. The van der Waals surface area contributed by atoms with E-state index in [1.165, 1.54) is 11.1 Å². The molecule has 3 rings (SSSR count). The maximum atomic E-state index is 10.6. The molecule has 2 aromatic rings. The standard InChI is InChI=1S/C17H16ClNO2/c18-17-14(11-13-3-1-2-4-16(13)17)8-5-12-6-9-15(10-7-12)19(20)21/h1-4,6-7,9-10,14,17H,5,8,11H2. The van der Waals surface area contributed by atoms with Crippen molar-refractivity contribution in [3.8, 4) is 0 Å². The third kappa shape index (κ3) is 2.93. The Balaban J connectivity index is 1.63. The molecule has 2 aromatic carbocycles. The molecule has 4 heteroatoms. The maximum Gasteiger partial charge on any atom is 0.269 e. The first-order valence-electron chi connectivity index (χ1n) is 7.10. The summed E-state index contributed by atoms with van der Waals surface area (Å²) in [5.41, 5.74) is 3.88. The Bertz CT molecular complexity index is 654. The van der Waals surface area contributed by atoms with Gasteiger partial charge in [-0.15, -0.1) is 11.6 Å². The number of nitro benzene ring substituents is 1. The highest BCUT2D eigenvalue weighted by Crippen LogP contribution is 2.42. The summed E-state index contributed by atoms with van der Waals surface area (Å²) < 4.78 is 0. The number of non-ortho nitro benzene ring substituents is 1. The van der Waals surface area contributed by atoms with Crippen LogP contribution in [0.2, 0.25) is 0 Å². The van der Waals surface area contributed by atoms with Gasteiger partial charge >= 0.3 is 0 Å². The summed E-state index contributed by atoms with van der Waals surface area (Å²) in [4.78, 5) is 10.3. The number of halogens is 1. The molecule has 0 saturated heterocycles. The molecule has 0 aliphatic heterocycles. The Labute approximate surface area is 128 Å². The van der Waals surface area contributed by atoms with Gasteiger partial charge in [-0.1, -0.05) is 36.4 Å². The summed E-state index contributed by atoms with van der Waals surface area (Å²) in [6.07, 6.45) is 2.93. The number of hydrogen-bond donors (Lipinski definition) is 0. The third-order valence-corrected chi connectivity index (χ3v) is 4.79. The van der Waals surface area contributed by atoms with Gasteiger partial charge in [0, 0.05) is 12.1 Å². The van der Waals surface area contributed by atoms with Gasteiger partial charge in [0.1, 0.15) is 0 Å². The second-order valence-electron chi connectivity index (χ2n) is 5.53. The van der Waals surface area contributed by atoms with Crippen LogP contribution < -0.4 is 0 Å². The fourth-order valence-corrected chi connectivity index (χ4v) is 3.44. The summed E-state index contributed by atoms with van der Waals surface area (Å²) in [5.74, 6) is 0.444. The lowest BCUT2D eigenvalue weighted by Crippen LogP contribution is -2.04. The number of aryl methyl sites for hydroxylation is 1. The van der Waals surface area contributed by atoms with Gasteiger partial charge in [-0.2, -0.15) is 0 Å². The zero-order valence-corrected chi connectivity index (χ0v) is 12.3. The molecule has 21 heavy (non-hydrogen) atoms. The lowest BCUT2D eigenvalue weighted by molar-refractivity contribution is -0.384. The minimum atomic E-state index is -0.369. The van der Waals surface area contributed by atoms with E-state index in [4.69, 9.17) is 11.6 Å². The lowest BCUT2D eigenvalue weighted by Gasteiger charge is -2.14. The molecular formula is C17H16ClNO2. The minimum absolute atomic E-state index is 0.0826. The molecule has 0 saturated carbocycles. The van der Waals surface area contributed by atoms with E-state index in [0.717, 1.165) is 24.8 Å². The van der Waals surface area contributed by atoms with Crippen molar-refractivity contribution < 1.29 is 4.92 Å². The molecule has 2 atom stereocenters. The lowest BCUT2D eigenvalue weighted by atomic mass is 9.96. The van der Waals surface area contributed by atoms with Gasteiger partial charge in [0.2, 0.25) is 0 Å². The first kappa shape index (κ1) is 14.1. The van der Waals surface area contributed by atoms with Gasteiger partial charge in [-0.3, -0.25) is 10.1 Å². The van der Waals surface area contributed by atoms with E-state index in [1.54, 1.807) is 12.1 Å². The molecule has 0 bridgehead atoms. The quantitative estimate of drug-likeness (QED) is 0.467. The van der Waals surface area contributed by atoms with Crippen molar-refractivity contribution in [1.29, 1.82) is 0 Å². The Hall–Kier alpha value is -1.87. The van der Waals surface area contributed by atoms with Crippen LogP contribution in [0, 0.1) is 16.0 Å². The number of hydrogen-bond acceptors (Lipinski definition) is 2. The largest absolute Gasteiger partial charge is 0.269 e. The Morgan fingerprint density at radius 3 is 2.52 bits per heavy atom.